The van der Waals surface area contributed by atoms with Gasteiger partial charge in [-0.3, -0.25) is 4.79 Å². The number of hydrogen-bond donors (Lipinski definition) is 3. The molecule has 3 aromatic carbocycles. The molecule has 38 heavy (non-hydrogen) atoms. The fourth-order valence-electron chi connectivity index (χ4n) is 4.51. The number of amides is 1. The van der Waals surface area contributed by atoms with Gasteiger partial charge in [0.1, 0.15) is 0 Å². The number of benzene rings is 3. The molecule has 0 radical (unpaired) electrons. The molecule has 4 rings (SSSR count). The first-order chi connectivity index (χ1) is 18.0. The normalized spacial score (nSPS) is 11.6. The van der Waals surface area contributed by atoms with Crippen LogP contribution in [-0.4, -0.2) is 41.5 Å². The van der Waals surface area contributed by atoms with Gasteiger partial charge in [0.2, 0.25) is 0 Å². The average Bonchev–Trinajstić information content (AvgIpc) is 3.32. The molecule has 4 aromatic rings. The summed E-state index contributed by atoms with van der Waals surface area (Å²) in [4.78, 5) is 28.1. The molecule has 0 aliphatic heterocycles. The molecule has 0 aliphatic rings. The Kier molecular flexibility index (Phi) is 11.1. The average molecular weight is 522 g/mol. The predicted molar refractivity (Wildman–Crippen MR) is 150 cm³/mol. The van der Waals surface area contributed by atoms with E-state index >= 15 is 0 Å². The first kappa shape index (κ1) is 29.6. The fraction of sp³-hybridized carbons (Fsp3) is 0.267. The molecular formula is C30H32LiN3O3S. The Morgan fingerprint density at radius 1 is 1.03 bits per heavy atom. The maximum atomic E-state index is 13.2. The Morgan fingerprint density at radius 3 is 2.55 bits per heavy atom. The summed E-state index contributed by atoms with van der Waals surface area (Å²) >= 11 is 1.53. The summed E-state index contributed by atoms with van der Waals surface area (Å²) in [5, 5.41) is 19.0. The molecule has 0 fully saturated rings. The van der Waals surface area contributed by atoms with E-state index in [9.17, 15) is 14.7 Å². The van der Waals surface area contributed by atoms with Gasteiger partial charge in [-0.15, -0.1) is 0 Å². The predicted octanol–water partition coefficient (Wildman–Crippen LogP) is 1.08. The number of carbonyl (C=O) groups excluding carboxylic acids is 2. The Bertz CT molecular complexity index is 1390. The van der Waals surface area contributed by atoms with Crippen LogP contribution in [0.3, 0.4) is 0 Å². The zero-order valence-corrected chi connectivity index (χ0v) is 23.0. The molecule has 1 amide bonds. The summed E-state index contributed by atoms with van der Waals surface area (Å²) in [6, 6.07) is 20.9. The second-order valence-electron chi connectivity index (χ2n) is 9.11. The Labute approximate surface area is 240 Å². The number of H-pyrrole nitrogens is 1. The van der Waals surface area contributed by atoms with Crippen LogP contribution >= 0.6 is 11.8 Å². The molecule has 6 nitrogen and oxygen atoms in total. The minimum Gasteiger partial charge on any atom is -0.548 e. The van der Waals surface area contributed by atoms with Gasteiger partial charge in [0.05, 0.1) is 12.0 Å². The minimum absolute atomic E-state index is 0. The number of carboxylic acids is 1. The Hall–Kier alpha value is -2.95. The second kappa shape index (κ2) is 14.3. The van der Waals surface area contributed by atoms with E-state index in [1.807, 2.05) is 55.6 Å². The molecule has 0 bridgehead atoms. The third kappa shape index (κ3) is 7.33. The van der Waals surface area contributed by atoms with Gasteiger partial charge in [-0.05, 0) is 84.3 Å². The van der Waals surface area contributed by atoms with E-state index in [2.05, 4.69) is 40.0 Å². The molecule has 3 N–H and O–H groups in total. The van der Waals surface area contributed by atoms with Crippen molar-refractivity contribution in [3.8, 4) is 11.1 Å². The number of thioether (sulfide) groups is 1. The number of carbonyl (C=O) groups is 2. The first-order valence-electron chi connectivity index (χ1n) is 12.4. The quantitative estimate of drug-likeness (QED) is 0.192. The summed E-state index contributed by atoms with van der Waals surface area (Å²) in [5.41, 5.74) is 6.69. The summed E-state index contributed by atoms with van der Waals surface area (Å²) in [6.07, 6.45) is 5.18. The molecular weight excluding hydrogens is 489 g/mol. The van der Waals surface area contributed by atoms with E-state index < -0.39 is 17.9 Å². The minimum atomic E-state index is -1.27. The molecule has 1 heterocycles. The van der Waals surface area contributed by atoms with Gasteiger partial charge in [0.15, 0.2) is 0 Å². The largest absolute Gasteiger partial charge is 1.00 e. The number of aromatic nitrogens is 1. The SMILES string of the molecule is CSCC[C@H](NC(=O)c1ccc(CNCCc2c[nH]c3ccccc23)cc1-c1ccccc1C)C(=O)[O-].[Li+]. The van der Waals surface area contributed by atoms with Crippen molar-refractivity contribution in [3.63, 3.8) is 0 Å². The standard InChI is InChI=1S/C30H33N3O3S.Li/c1-20-7-3-4-8-23(20)26-17-21(11-12-25(26)29(34)33-28(30(35)36)14-16-37-2)18-31-15-13-22-19-32-27-10-6-5-9-24(22)27;/h3-12,17,19,28,31-32H,13-16,18H2,1-2H3,(H,33,34)(H,35,36);/q;+1/p-1/t28-;/m0./s1. The van der Waals surface area contributed by atoms with E-state index in [0.29, 0.717) is 24.3 Å². The molecule has 0 saturated carbocycles. The van der Waals surface area contributed by atoms with Crippen LogP contribution in [0.25, 0.3) is 22.0 Å². The van der Waals surface area contributed by atoms with E-state index in [4.69, 9.17) is 0 Å². The summed E-state index contributed by atoms with van der Waals surface area (Å²) in [5.74, 6) is -1.06. The van der Waals surface area contributed by atoms with Crippen molar-refractivity contribution in [2.45, 2.75) is 32.4 Å². The van der Waals surface area contributed by atoms with Crippen LogP contribution in [0.5, 0.6) is 0 Å². The van der Waals surface area contributed by atoms with Gasteiger partial charge in [0, 0.05) is 29.2 Å². The third-order valence-corrected chi connectivity index (χ3v) is 7.18. The number of nitrogens with one attached hydrogen (secondary N) is 3. The Balaban J connectivity index is 0.00000400. The first-order valence-corrected chi connectivity index (χ1v) is 13.8. The number of aryl methyl sites for hydroxylation is 1. The zero-order valence-electron chi connectivity index (χ0n) is 22.2. The molecule has 0 unspecified atom stereocenters. The van der Waals surface area contributed by atoms with Crippen LogP contribution in [0.4, 0.5) is 0 Å². The van der Waals surface area contributed by atoms with Crippen molar-refractivity contribution < 1.29 is 33.6 Å². The topological polar surface area (TPSA) is 97.1 Å². The number of hydrogen-bond acceptors (Lipinski definition) is 5. The zero-order chi connectivity index (χ0) is 26.2. The maximum absolute atomic E-state index is 13.2. The molecule has 0 spiro atoms. The van der Waals surface area contributed by atoms with Crippen LogP contribution in [0.1, 0.15) is 33.5 Å². The van der Waals surface area contributed by atoms with Gasteiger partial charge in [0.25, 0.3) is 5.91 Å². The van der Waals surface area contributed by atoms with Gasteiger partial charge in [-0.2, -0.15) is 11.8 Å². The van der Waals surface area contributed by atoms with E-state index in [1.165, 1.54) is 22.7 Å². The number of carboxylic acid groups (broad SMARTS) is 1. The van der Waals surface area contributed by atoms with Crippen LogP contribution in [-0.2, 0) is 17.8 Å². The molecule has 192 valence electrons. The van der Waals surface area contributed by atoms with Crippen LogP contribution in [0, 0.1) is 6.92 Å². The summed E-state index contributed by atoms with van der Waals surface area (Å²) < 4.78 is 0. The number of rotatable bonds is 12. The number of para-hydroxylation sites is 1. The van der Waals surface area contributed by atoms with Gasteiger partial charge in [-0.25, -0.2) is 0 Å². The van der Waals surface area contributed by atoms with E-state index in [0.717, 1.165) is 40.7 Å². The number of aliphatic carboxylic acids is 1. The molecule has 8 heteroatoms. The van der Waals surface area contributed by atoms with Gasteiger partial charge in [-0.1, -0.05) is 48.5 Å². The smallest absolute Gasteiger partial charge is 0.548 e. The number of aromatic amines is 1. The van der Waals surface area contributed by atoms with Crippen LogP contribution in [0.15, 0.2) is 72.9 Å². The van der Waals surface area contributed by atoms with Crippen molar-refractivity contribution >= 4 is 34.5 Å². The molecule has 0 aliphatic carbocycles. The third-order valence-electron chi connectivity index (χ3n) is 6.54. The second-order valence-corrected chi connectivity index (χ2v) is 10.1. The van der Waals surface area contributed by atoms with Crippen molar-refractivity contribution in [3.05, 3.63) is 95.2 Å². The fourth-order valence-corrected chi connectivity index (χ4v) is 4.98. The van der Waals surface area contributed by atoms with E-state index in [1.54, 1.807) is 6.07 Å². The van der Waals surface area contributed by atoms with Crippen molar-refractivity contribution in [1.82, 2.24) is 15.6 Å². The monoisotopic (exact) mass is 521 g/mol. The number of fused-ring (bicyclic) bond motifs is 1. The van der Waals surface area contributed by atoms with Gasteiger partial charge >= 0.3 is 18.9 Å². The summed E-state index contributed by atoms with van der Waals surface area (Å²) in [7, 11) is 0. The van der Waals surface area contributed by atoms with Crippen LogP contribution in [0.2, 0.25) is 0 Å². The van der Waals surface area contributed by atoms with Crippen molar-refractivity contribution in [2.75, 3.05) is 18.6 Å². The molecule has 0 saturated heterocycles. The van der Waals surface area contributed by atoms with Crippen LogP contribution < -0.4 is 34.6 Å². The molecule has 1 atom stereocenters. The van der Waals surface area contributed by atoms with Gasteiger partial charge < -0.3 is 25.5 Å². The maximum Gasteiger partial charge on any atom is 1.00 e. The molecule has 1 aromatic heterocycles. The Morgan fingerprint density at radius 2 is 1.79 bits per heavy atom. The summed E-state index contributed by atoms with van der Waals surface area (Å²) in [6.45, 7) is 3.47. The van der Waals surface area contributed by atoms with E-state index in [-0.39, 0.29) is 18.9 Å². The van der Waals surface area contributed by atoms with Crippen molar-refractivity contribution in [2.24, 2.45) is 0 Å². The van der Waals surface area contributed by atoms with Crippen molar-refractivity contribution in [1.29, 1.82) is 0 Å².